The lowest BCUT2D eigenvalue weighted by molar-refractivity contribution is 0.472. The summed E-state index contributed by atoms with van der Waals surface area (Å²) in [6.07, 6.45) is 4.22. The molecule has 0 atom stereocenters. The van der Waals surface area contributed by atoms with Crippen molar-refractivity contribution < 1.29 is 4.42 Å². The molecule has 1 N–H and O–H groups in total. The second kappa shape index (κ2) is 4.23. The molecule has 1 heterocycles. The van der Waals surface area contributed by atoms with E-state index in [2.05, 4.69) is 5.32 Å². The minimum absolute atomic E-state index is 0.616. The van der Waals surface area contributed by atoms with Crippen LogP contribution in [0, 0.1) is 6.92 Å². The Labute approximate surface area is 95.4 Å². The molecule has 82 valence electrons. The number of hydrogen-bond donors (Lipinski definition) is 1. The molecular formula is C11H16N2OS. The highest BCUT2D eigenvalue weighted by molar-refractivity contribution is 7.80. The van der Waals surface area contributed by atoms with Crippen LogP contribution in [0.4, 0.5) is 0 Å². The van der Waals surface area contributed by atoms with E-state index in [0.717, 1.165) is 17.4 Å². The van der Waals surface area contributed by atoms with E-state index in [1.807, 2.05) is 24.9 Å². The van der Waals surface area contributed by atoms with Crippen LogP contribution >= 0.6 is 12.2 Å². The number of aryl methyl sites for hydroxylation is 1. The molecule has 1 aromatic rings. The van der Waals surface area contributed by atoms with Crippen LogP contribution in [0.25, 0.3) is 0 Å². The third-order valence-corrected chi connectivity index (χ3v) is 3.05. The standard InChI is InChI=1S/C11H16N2OS/c1-8-9(5-6-14-8)7-13(2)11(15)12-10-3-4-10/h5-6,10H,3-4,7H2,1-2H3,(H,12,15). The van der Waals surface area contributed by atoms with Gasteiger partial charge >= 0.3 is 0 Å². The highest BCUT2D eigenvalue weighted by Crippen LogP contribution is 2.19. The molecule has 0 amide bonds. The van der Waals surface area contributed by atoms with Crippen LogP contribution in [-0.2, 0) is 6.54 Å². The number of rotatable bonds is 3. The molecule has 1 aliphatic carbocycles. The quantitative estimate of drug-likeness (QED) is 0.796. The number of hydrogen-bond acceptors (Lipinski definition) is 2. The van der Waals surface area contributed by atoms with Crippen molar-refractivity contribution in [3.63, 3.8) is 0 Å². The van der Waals surface area contributed by atoms with Crippen molar-refractivity contribution in [2.75, 3.05) is 7.05 Å². The van der Waals surface area contributed by atoms with Gasteiger partial charge in [0.05, 0.1) is 6.26 Å². The van der Waals surface area contributed by atoms with Crippen molar-refractivity contribution in [1.29, 1.82) is 0 Å². The Balaban J connectivity index is 1.87. The number of thiocarbonyl (C=S) groups is 1. The van der Waals surface area contributed by atoms with Crippen molar-refractivity contribution in [3.8, 4) is 0 Å². The molecule has 0 spiro atoms. The summed E-state index contributed by atoms with van der Waals surface area (Å²) >= 11 is 5.29. The van der Waals surface area contributed by atoms with Crippen molar-refractivity contribution in [2.24, 2.45) is 0 Å². The summed E-state index contributed by atoms with van der Waals surface area (Å²) in [7, 11) is 2.00. The summed E-state index contributed by atoms with van der Waals surface area (Å²) in [5, 5.41) is 4.14. The zero-order valence-electron chi connectivity index (χ0n) is 9.12. The molecule has 0 aromatic carbocycles. The molecular weight excluding hydrogens is 208 g/mol. The predicted octanol–water partition coefficient (Wildman–Crippen LogP) is 2.06. The Morgan fingerprint density at radius 1 is 1.67 bits per heavy atom. The fraction of sp³-hybridized carbons (Fsp3) is 0.545. The van der Waals surface area contributed by atoms with Gasteiger partial charge in [-0.15, -0.1) is 0 Å². The van der Waals surface area contributed by atoms with E-state index in [-0.39, 0.29) is 0 Å². The van der Waals surface area contributed by atoms with E-state index < -0.39 is 0 Å². The molecule has 1 aliphatic rings. The average molecular weight is 224 g/mol. The van der Waals surface area contributed by atoms with Gasteiger partial charge in [0, 0.05) is 25.2 Å². The van der Waals surface area contributed by atoms with Crippen LogP contribution in [0.15, 0.2) is 16.7 Å². The first-order valence-corrected chi connectivity index (χ1v) is 5.62. The third-order valence-electron chi connectivity index (χ3n) is 2.63. The zero-order valence-corrected chi connectivity index (χ0v) is 9.93. The SMILES string of the molecule is Cc1occc1CN(C)C(=S)NC1CC1. The first-order valence-electron chi connectivity index (χ1n) is 5.21. The van der Waals surface area contributed by atoms with Crippen LogP contribution in [0.3, 0.4) is 0 Å². The first kappa shape index (κ1) is 10.5. The van der Waals surface area contributed by atoms with Crippen molar-refractivity contribution >= 4 is 17.3 Å². The second-order valence-electron chi connectivity index (χ2n) is 4.08. The van der Waals surface area contributed by atoms with Gasteiger partial charge in [-0.05, 0) is 38.0 Å². The van der Waals surface area contributed by atoms with Crippen molar-refractivity contribution in [3.05, 3.63) is 23.7 Å². The van der Waals surface area contributed by atoms with Gasteiger partial charge in [0.1, 0.15) is 5.76 Å². The summed E-state index contributed by atoms with van der Waals surface area (Å²) in [6, 6.07) is 2.61. The van der Waals surface area contributed by atoms with Gasteiger partial charge < -0.3 is 14.6 Å². The summed E-state index contributed by atoms with van der Waals surface area (Å²) in [6.45, 7) is 2.78. The molecule has 1 aromatic heterocycles. The first-order chi connectivity index (χ1) is 7.16. The maximum atomic E-state index is 5.29. The van der Waals surface area contributed by atoms with Crippen molar-refractivity contribution in [1.82, 2.24) is 10.2 Å². The lowest BCUT2D eigenvalue weighted by Crippen LogP contribution is -2.37. The van der Waals surface area contributed by atoms with Crippen LogP contribution in [0.1, 0.15) is 24.2 Å². The molecule has 0 radical (unpaired) electrons. The van der Waals surface area contributed by atoms with Crippen molar-refractivity contribution in [2.45, 2.75) is 32.4 Å². The van der Waals surface area contributed by atoms with E-state index in [1.54, 1.807) is 6.26 Å². The lowest BCUT2D eigenvalue weighted by Gasteiger charge is -2.20. The largest absolute Gasteiger partial charge is 0.469 e. The van der Waals surface area contributed by atoms with Crippen LogP contribution < -0.4 is 5.32 Å². The Morgan fingerprint density at radius 2 is 2.40 bits per heavy atom. The Hall–Kier alpha value is -1.03. The van der Waals surface area contributed by atoms with E-state index in [0.29, 0.717) is 6.04 Å². The van der Waals surface area contributed by atoms with Gasteiger partial charge in [-0.25, -0.2) is 0 Å². The monoisotopic (exact) mass is 224 g/mol. The summed E-state index contributed by atoms with van der Waals surface area (Å²) in [5.41, 5.74) is 1.19. The van der Waals surface area contributed by atoms with Gasteiger partial charge in [-0.2, -0.15) is 0 Å². The normalized spacial score (nSPS) is 15.1. The minimum Gasteiger partial charge on any atom is -0.469 e. The molecule has 0 aliphatic heterocycles. The highest BCUT2D eigenvalue weighted by atomic mass is 32.1. The number of nitrogens with one attached hydrogen (secondary N) is 1. The predicted molar refractivity (Wildman–Crippen MR) is 63.7 cm³/mol. The molecule has 2 rings (SSSR count). The number of nitrogens with zero attached hydrogens (tertiary/aromatic N) is 1. The number of furan rings is 1. The minimum atomic E-state index is 0.616. The van der Waals surface area contributed by atoms with E-state index in [1.165, 1.54) is 18.4 Å². The molecule has 3 nitrogen and oxygen atoms in total. The van der Waals surface area contributed by atoms with Gasteiger partial charge in [-0.3, -0.25) is 0 Å². The van der Waals surface area contributed by atoms with Crippen LogP contribution in [-0.4, -0.2) is 23.1 Å². The Morgan fingerprint density at radius 3 is 2.93 bits per heavy atom. The molecule has 15 heavy (non-hydrogen) atoms. The van der Waals surface area contributed by atoms with Gasteiger partial charge in [0.15, 0.2) is 5.11 Å². The highest BCUT2D eigenvalue weighted by Gasteiger charge is 2.23. The molecule has 0 unspecified atom stereocenters. The molecule has 0 saturated heterocycles. The topological polar surface area (TPSA) is 28.4 Å². The molecule has 0 bridgehead atoms. The Kier molecular flexibility index (Phi) is 2.95. The van der Waals surface area contributed by atoms with Gasteiger partial charge in [0.25, 0.3) is 0 Å². The molecule has 1 fully saturated rings. The fourth-order valence-corrected chi connectivity index (χ4v) is 1.65. The van der Waals surface area contributed by atoms with Gasteiger partial charge in [0.2, 0.25) is 0 Å². The fourth-order valence-electron chi connectivity index (χ4n) is 1.42. The average Bonchev–Trinajstić information content (AvgIpc) is 2.92. The van der Waals surface area contributed by atoms with E-state index in [9.17, 15) is 0 Å². The van der Waals surface area contributed by atoms with Crippen LogP contribution in [0.2, 0.25) is 0 Å². The van der Waals surface area contributed by atoms with E-state index >= 15 is 0 Å². The molecule has 4 heteroatoms. The van der Waals surface area contributed by atoms with Crippen LogP contribution in [0.5, 0.6) is 0 Å². The molecule has 1 saturated carbocycles. The zero-order chi connectivity index (χ0) is 10.8. The third kappa shape index (κ3) is 2.72. The van der Waals surface area contributed by atoms with E-state index in [4.69, 9.17) is 16.6 Å². The maximum Gasteiger partial charge on any atom is 0.169 e. The summed E-state index contributed by atoms with van der Waals surface area (Å²) in [5.74, 6) is 0.969. The smallest absolute Gasteiger partial charge is 0.169 e. The summed E-state index contributed by atoms with van der Waals surface area (Å²) in [4.78, 5) is 2.05. The Bertz CT molecular complexity index is 357. The second-order valence-corrected chi connectivity index (χ2v) is 4.47. The summed E-state index contributed by atoms with van der Waals surface area (Å²) < 4.78 is 5.25. The maximum absolute atomic E-state index is 5.29. The van der Waals surface area contributed by atoms with Gasteiger partial charge in [-0.1, -0.05) is 0 Å². The lowest BCUT2D eigenvalue weighted by atomic mass is 10.2.